The summed E-state index contributed by atoms with van der Waals surface area (Å²) in [5, 5.41) is 2.69. The molecule has 0 aliphatic carbocycles. The molecule has 5 nitrogen and oxygen atoms in total. The summed E-state index contributed by atoms with van der Waals surface area (Å²) in [5.41, 5.74) is 1.15. The van der Waals surface area contributed by atoms with Gasteiger partial charge in [-0.05, 0) is 30.7 Å². The number of carbonyl (C=O) groups is 1. The van der Waals surface area contributed by atoms with Crippen LogP contribution in [0.5, 0.6) is 0 Å². The van der Waals surface area contributed by atoms with Crippen LogP contribution in [-0.2, 0) is 14.8 Å². The number of benzene rings is 1. The summed E-state index contributed by atoms with van der Waals surface area (Å²) in [5.74, 6) is 0.0238. The van der Waals surface area contributed by atoms with Gasteiger partial charge in [-0.25, -0.2) is 8.42 Å². The van der Waals surface area contributed by atoms with E-state index in [1.54, 1.807) is 31.2 Å². The summed E-state index contributed by atoms with van der Waals surface area (Å²) in [4.78, 5) is 11.2. The highest BCUT2D eigenvalue weighted by molar-refractivity contribution is 7.92. The molecular weight excluding hydrogens is 252 g/mol. The third kappa shape index (κ3) is 4.75. The lowest BCUT2D eigenvalue weighted by Crippen LogP contribution is -2.16. The molecule has 0 bridgehead atoms. The van der Waals surface area contributed by atoms with Crippen molar-refractivity contribution in [1.29, 1.82) is 0 Å². The van der Waals surface area contributed by atoms with Crippen LogP contribution in [0.25, 0.3) is 0 Å². The lowest BCUT2D eigenvalue weighted by molar-refractivity contribution is -0.115. The molecule has 100 valence electrons. The molecule has 1 aromatic carbocycles. The van der Waals surface area contributed by atoms with Crippen LogP contribution in [0, 0.1) is 0 Å². The van der Waals surface area contributed by atoms with Crippen molar-refractivity contribution in [2.24, 2.45) is 0 Å². The zero-order valence-corrected chi connectivity index (χ0v) is 11.4. The predicted octanol–water partition coefficient (Wildman–Crippen LogP) is 2.19. The third-order valence-electron chi connectivity index (χ3n) is 2.24. The number of anilines is 2. The molecule has 0 atom stereocenters. The van der Waals surface area contributed by atoms with Gasteiger partial charge < -0.3 is 5.32 Å². The second-order valence-corrected chi connectivity index (χ2v) is 5.74. The molecule has 0 aromatic heterocycles. The Morgan fingerprint density at radius 2 is 1.67 bits per heavy atom. The van der Waals surface area contributed by atoms with Gasteiger partial charge in [0.2, 0.25) is 15.9 Å². The number of hydrogen-bond acceptors (Lipinski definition) is 3. The number of hydrogen-bond donors (Lipinski definition) is 2. The average molecular weight is 270 g/mol. The predicted molar refractivity (Wildman–Crippen MR) is 73.1 cm³/mol. The van der Waals surface area contributed by atoms with Gasteiger partial charge in [-0.3, -0.25) is 9.52 Å². The SMILES string of the molecule is CCCS(=O)(=O)Nc1ccc(NC(=O)CC)cc1. The maximum Gasteiger partial charge on any atom is 0.232 e. The molecule has 0 radical (unpaired) electrons. The topological polar surface area (TPSA) is 75.3 Å². The van der Waals surface area contributed by atoms with Crippen LogP contribution in [0.15, 0.2) is 24.3 Å². The van der Waals surface area contributed by atoms with Gasteiger partial charge in [-0.15, -0.1) is 0 Å². The molecule has 18 heavy (non-hydrogen) atoms. The Kier molecular flexibility index (Phi) is 5.15. The van der Waals surface area contributed by atoms with Crippen LogP contribution in [0.1, 0.15) is 26.7 Å². The molecular formula is C12H18N2O3S. The lowest BCUT2D eigenvalue weighted by atomic mass is 10.3. The van der Waals surface area contributed by atoms with Crippen molar-refractivity contribution in [3.8, 4) is 0 Å². The Morgan fingerprint density at radius 1 is 1.11 bits per heavy atom. The van der Waals surface area contributed by atoms with Crippen LogP contribution < -0.4 is 10.0 Å². The minimum Gasteiger partial charge on any atom is -0.326 e. The van der Waals surface area contributed by atoms with E-state index in [1.807, 2.05) is 6.92 Å². The molecule has 6 heteroatoms. The van der Waals surface area contributed by atoms with Crippen molar-refractivity contribution in [2.75, 3.05) is 15.8 Å². The molecule has 0 aliphatic heterocycles. The van der Waals surface area contributed by atoms with E-state index in [4.69, 9.17) is 0 Å². The van der Waals surface area contributed by atoms with E-state index in [2.05, 4.69) is 10.0 Å². The minimum atomic E-state index is -3.26. The fraction of sp³-hybridized carbons (Fsp3) is 0.417. The quantitative estimate of drug-likeness (QED) is 0.832. The zero-order valence-electron chi connectivity index (χ0n) is 10.6. The van der Waals surface area contributed by atoms with Crippen molar-refractivity contribution < 1.29 is 13.2 Å². The van der Waals surface area contributed by atoms with Crippen molar-refractivity contribution >= 4 is 27.3 Å². The van der Waals surface area contributed by atoms with Gasteiger partial charge in [-0.1, -0.05) is 13.8 Å². The van der Waals surface area contributed by atoms with E-state index < -0.39 is 10.0 Å². The van der Waals surface area contributed by atoms with Crippen LogP contribution in [0.4, 0.5) is 11.4 Å². The van der Waals surface area contributed by atoms with Crippen molar-refractivity contribution in [1.82, 2.24) is 0 Å². The number of carbonyl (C=O) groups excluding carboxylic acids is 1. The Balaban J connectivity index is 2.69. The van der Waals surface area contributed by atoms with Gasteiger partial charge in [0.1, 0.15) is 0 Å². The highest BCUT2D eigenvalue weighted by Crippen LogP contribution is 2.15. The summed E-state index contributed by atoms with van der Waals surface area (Å²) in [6.07, 6.45) is 0.977. The van der Waals surface area contributed by atoms with Crippen LogP contribution in [0.3, 0.4) is 0 Å². The largest absolute Gasteiger partial charge is 0.326 e. The maximum absolute atomic E-state index is 11.5. The molecule has 0 saturated heterocycles. The number of nitrogens with one attached hydrogen (secondary N) is 2. The molecule has 0 saturated carbocycles. The highest BCUT2D eigenvalue weighted by Gasteiger charge is 2.08. The zero-order chi connectivity index (χ0) is 13.6. The number of rotatable bonds is 6. The Morgan fingerprint density at radius 3 is 2.17 bits per heavy atom. The van der Waals surface area contributed by atoms with E-state index in [9.17, 15) is 13.2 Å². The Bertz CT molecular complexity index is 495. The van der Waals surface area contributed by atoms with Gasteiger partial charge in [0.15, 0.2) is 0 Å². The second-order valence-electron chi connectivity index (χ2n) is 3.90. The summed E-state index contributed by atoms with van der Waals surface area (Å²) in [7, 11) is -3.26. The van der Waals surface area contributed by atoms with Crippen LogP contribution in [-0.4, -0.2) is 20.1 Å². The summed E-state index contributed by atoms with van der Waals surface area (Å²) >= 11 is 0. The molecule has 1 aromatic rings. The van der Waals surface area contributed by atoms with E-state index in [0.29, 0.717) is 24.2 Å². The van der Waals surface area contributed by atoms with Crippen LogP contribution >= 0.6 is 0 Å². The Labute approximate surface area is 108 Å². The minimum absolute atomic E-state index is 0.0747. The molecule has 0 unspecified atom stereocenters. The third-order valence-corrected chi connectivity index (χ3v) is 3.73. The monoisotopic (exact) mass is 270 g/mol. The smallest absolute Gasteiger partial charge is 0.232 e. The number of amides is 1. The first-order valence-corrected chi connectivity index (χ1v) is 7.52. The van der Waals surface area contributed by atoms with E-state index in [-0.39, 0.29) is 11.7 Å². The Hall–Kier alpha value is -1.56. The van der Waals surface area contributed by atoms with E-state index in [1.165, 1.54) is 0 Å². The van der Waals surface area contributed by atoms with Gasteiger partial charge in [0.05, 0.1) is 5.75 Å². The fourth-order valence-corrected chi connectivity index (χ4v) is 2.51. The molecule has 1 amide bonds. The molecule has 1 rings (SSSR count). The number of sulfonamides is 1. The summed E-state index contributed by atoms with van der Waals surface area (Å²) in [6, 6.07) is 6.58. The first-order valence-electron chi connectivity index (χ1n) is 5.87. The second kappa shape index (κ2) is 6.39. The van der Waals surface area contributed by atoms with Gasteiger partial charge in [-0.2, -0.15) is 0 Å². The molecule has 0 spiro atoms. The van der Waals surface area contributed by atoms with Crippen LogP contribution in [0.2, 0.25) is 0 Å². The van der Waals surface area contributed by atoms with Crippen molar-refractivity contribution in [3.05, 3.63) is 24.3 Å². The van der Waals surface area contributed by atoms with Gasteiger partial charge in [0.25, 0.3) is 0 Å². The lowest BCUT2D eigenvalue weighted by Gasteiger charge is -2.08. The van der Waals surface area contributed by atoms with E-state index in [0.717, 1.165) is 0 Å². The van der Waals surface area contributed by atoms with Crippen molar-refractivity contribution in [3.63, 3.8) is 0 Å². The normalized spacial score (nSPS) is 11.0. The highest BCUT2D eigenvalue weighted by atomic mass is 32.2. The fourth-order valence-electron chi connectivity index (χ4n) is 1.37. The average Bonchev–Trinajstić information content (AvgIpc) is 2.31. The molecule has 0 aliphatic rings. The molecule has 0 fully saturated rings. The molecule has 2 N–H and O–H groups in total. The van der Waals surface area contributed by atoms with Gasteiger partial charge >= 0.3 is 0 Å². The van der Waals surface area contributed by atoms with Gasteiger partial charge in [0, 0.05) is 17.8 Å². The first kappa shape index (κ1) is 14.5. The summed E-state index contributed by atoms with van der Waals surface area (Å²) < 4.78 is 25.5. The van der Waals surface area contributed by atoms with Crippen molar-refractivity contribution in [2.45, 2.75) is 26.7 Å². The maximum atomic E-state index is 11.5. The standard InChI is InChI=1S/C12H18N2O3S/c1-3-9-18(16,17)14-11-7-5-10(6-8-11)13-12(15)4-2/h5-8,14H,3-4,9H2,1-2H3,(H,13,15). The summed E-state index contributed by atoms with van der Waals surface area (Å²) in [6.45, 7) is 3.57. The first-order chi connectivity index (χ1) is 8.46. The molecule has 0 heterocycles. The van der Waals surface area contributed by atoms with E-state index >= 15 is 0 Å².